The number of alkyl carbamates (subject to hydrolysis) is 1. The number of hydrogen-bond acceptors (Lipinski definition) is 3. The predicted octanol–water partition coefficient (Wildman–Crippen LogP) is 3.85. The molecule has 5 unspecified atom stereocenters. The molecule has 2 N–H and O–H groups in total. The van der Waals surface area contributed by atoms with Crippen molar-refractivity contribution in [1.29, 1.82) is 0 Å². The zero-order valence-electron chi connectivity index (χ0n) is 14.9. The number of amides is 1. The lowest BCUT2D eigenvalue weighted by Crippen LogP contribution is -2.45. The summed E-state index contributed by atoms with van der Waals surface area (Å²) in [4.78, 5) is 11.9. The molecule has 0 aromatic carbocycles. The van der Waals surface area contributed by atoms with Gasteiger partial charge in [-0.1, -0.05) is 26.7 Å². The fourth-order valence-corrected chi connectivity index (χ4v) is 3.86. The fourth-order valence-electron chi connectivity index (χ4n) is 3.86. The highest BCUT2D eigenvalue weighted by molar-refractivity contribution is 5.68. The molecule has 4 heteroatoms. The van der Waals surface area contributed by atoms with Crippen molar-refractivity contribution in [3.8, 4) is 0 Å². The van der Waals surface area contributed by atoms with Gasteiger partial charge in [-0.25, -0.2) is 4.79 Å². The van der Waals surface area contributed by atoms with Gasteiger partial charge in [0.1, 0.15) is 5.60 Å². The zero-order chi connectivity index (χ0) is 16.3. The third-order valence-electron chi connectivity index (χ3n) is 5.31. The van der Waals surface area contributed by atoms with E-state index in [2.05, 4.69) is 24.5 Å². The quantitative estimate of drug-likeness (QED) is 0.832. The monoisotopic (exact) mass is 310 g/mol. The topological polar surface area (TPSA) is 50.4 Å². The first-order valence-electron chi connectivity index (χ1n) is 9.00. The Labute approximate surface area is 135 Å². The molecule has 0 aromatic heterocycles. The van der Waals surface area contributed by atoms with Gasteiger partial charge in [-0.2, -0.15) is 0 Å². The molecule has 1 amide bonds. The summed E-state index contributed by atoms with van der Waals surface area (Å²) in [5.41, 5.74) is -0.423. The molecule has 0 aliphatic heterocycles. The Morgan fingerprint density at radius 2 is 1.73 bits per heavy atom. The first kappa shape index (κ1) is 17.6. The molecule has 22 heavy (non-hydrogen) atoms. The molecule has 128 valence electrons. The van der Waals surface area contributed by atoms with Crippen LogP contribution in [0.3, 0.4) is 0 Å². The smallest absolute Gasteiger partial charge is 0.407 e. The van der Waals surface area contributed by atoms with Gasteiger partial charge < -0.3 is 15.4 Å². The molecule has 0 radical (unpaired) electrons. The van der Waals surface area contributed by atoms with Crippen molar-refractivity contribution in [2.45, 2.75) is 96.9 Å². The Hall–Kier alpha value is -0.770. The van der Waals surface area contributed by atoms with Crippen LogP contribution < -0.4 is 10.6 Å². The number of ether oxygens (including phenoxy) is 1. The largest absolute Gasteiger partial charge is 0.444 e. The summed E-state index contributed by atoms with van der Waals surface area (Å²) in [6.07, 6.45) is 6.95. The minimum atomic E-state index is -0.423. The van der Waals surface area contributed by atoms with Crippen LogP contribution in [0, 0.1) is 11.8 Å². The van der Waals surface area contributed by atoms with Crippen molar-refractivity contribution in [3.05, 3.63) is 0 Å². The van der Waals surface area contributed by atoms with Crippen LogP contribution in [0.25, 0.3) is 0 Å². The summed E-state index contributed by atoms with van der Waals surface area (Å²) in [7, 11) is 0. The highest BCUT2D eigenvalue weighted by Gasteiger charge is 2.32. The van der Waals surface area contributed by atoms with Gasteiger partial charge in [0.25, 0.3) is 0 Å². The molecule has 2 saturated carbocycles. The van der Waals surface area contributed by atoms with Crippen LogP contribution in [0.15, 0.2) is 0 Å². The van der Waals surface area contributed by atoms with Crippen LogP contribution in [0.2, 0.25) is 0 Å². The van der Waals surface area contributed by atoms with E-state index in [0.717, 1.165) is 31.1 Å². The highest BCUT2D eigenvalue weighted by atomic mass is 16.6. The SMILES string of the molecule is CC1CCCC(NC2CCC(NC(=O)OC(C)(C)C)C2)C1C. The molecule has 2 rings (SSSR count). The standard InChI is InChI=1S/C18H34N2O2/c1-12-7-6-8-16(13(12)2)19-14-9-10-15(11-14)20-17(21)22-18(3,4)5/h12-16,19H,6-11H2,1-5H3,(H,20,21). The number of rotatable bonds is 3. The molecule has 0 bridgehead atoms. The van der Waals surface area contributed by atoms with E-state index in [1.807, 2.05) is 20.8 Å². The van der Waals surface area contributed by atoms with Crippen LogP contribution in [-0.2, 0) is 4.74 Å². The maximum Gasteiger partial charge on any atom is 0.407 e. The molecule has 0 aromatic rings. The van der Waals surface area contributed by atoms with Gasteiger partial charge in [0.2, 0.25) is 0 Å². The number of nitrogens with one attached hydrogen (secondary N) is 2. The molecule has 5 atom stereocenters. The number of carbonyl (C=O) groups excluding carboxylic acids is 1. The summed E-state index contributed by atoms with van der Waals surface area (Å²) in [5, 5.41) is 6.88. The third kappa shape index (κ3) is 5.15. The van der Waals surface area contributed by atoms with Crippen LogP contribution in [0.1, 0.15) is 73.1 Å². The highest BCUT2D eigenvalue weighted by Crippen LogP contribution is 2.31. The van der Waals surface area contributed by atoms with Gasteiger partial charge in [0.05, 0.1) is 0 Å². The van der Waals surface area contributed by atoms with Crippen molar-refractivity contribution in [2.24, 2.45) is 11.8 Å². The lowest BCUT2D eigenvalue weighted by Gasteiger charge is -2.36. The predicted molar refractivity (Wildman–Crippen MR) is 89.9 cm³/mol. The van der Waals surface area contributed by atoms with Crippen molar-refractivity contribution < 1.29 is 9.53 Å². The average Bonchev–Trinajstić information content (AvgIpc) is 2.80. The maximum absolute atomic E-state index is 11.9. The molecule has 4 nitrogen and oxygen atoms in total. The molecular weight excluding hydrogens is 276 g/mol. The Kier molecular flexibility index (Phi) is 5.76. The van der Waals surface area contributed by atoms with E-state index in [-0.39, 0.29) is 12.1 Å². The normalized spacial score (nSPS) is 36.1. The summed E-state index contributed by atoms with van der Waals surface area (Å²) >= 11 is 0. The summed E-state index contributed by atoms with van der Waals surface area (Å²) < 4.78 is 5.35. The van der Waals surface area contributed by atoms with Gasteiger partial charge in [0, 0.05) is 18.1 Å². The lowest BCUT2D eigenvalue weighted by molar-refractivity contribution is 0.0505. The molecule has 0 spiro atoms. The van der Waals surface area contributed by atoms with E-state index in [1.165, 1.54) is 19.3 Å². The fraction of sp³-hybridized carbons (Fsp3) is 0.944. The Morgan fingerprint density at radius 3 is 2.41 bits per heavy atom. The first-order valence-corrected chi connectivity index (χ1v) is 9.00. The lowest BCUT2D eigenvalue weighted by atomic mass is 9.78. The van der Waals surface area contributed by atoms with Crippen molar-refractivity contribution >= 4 is 6.09 Å². The molecule has 0 saturated heterocycles. The van der Waals surface area contributed by atoms with Crippen molar-refractivity contribution in [3.63, 3.8) is 0 Å². The van der Waals surface area contributed by atoms with Gasteiger partial charge in [-0.05, 0) is 58.3 Å². The van der Waals surface area contributed by atoms with Gasteiger partial charge in [-0.3, -0.25) is 0 Å². The Bertz CT molecular complexity index is 378. The minimum absolute atomic E-state index is 0.253. The van der Waals surface area contributed by atoms with E-state index < -0.39 is 5.60 Å². The third-order valence-corrected chi connectivity index (χ3v) is 5.31. The van der Waals surface area contributed by atoms with Gasteiger partial charge in [-0.15, -0.1) is 0 Å². The maximum atomic E-state index is 11.9. The number of carbonyl (C=O) groups is 1. The van der Waals surface area contributed by atoms with E-state index in [4.69, 9.17) is 4.74 Å². The second kappa shape index (κ2) is 7.20. The second-order valence-corrected chi connectivity index (χ2v) is 8.39. The van der Waals surface area contributed by atoms with E-state index in [1.54, 1.807) is 0 Å². The van der Waals surface area contributed by atoms with Gasteiger partial charge in [0.15, 0.2) is 0 Å². The molecule has 0 heterocycles. The summed E-state index contributed by atoms with van der Waals surface area (Å²) in [5.74, 6) is 1.58. The van der Waals surface area contributed by atoms with Crippen LogP contribution in [0.5, 0.6) is 0 Å². The summed E-state index contributed by atoms with van der Waals surface area (Å²) in [6, 6.07) is 1.44. The second-order valence-electron chi connectivity index (χ2n) is 8.39. The van der Waals surface area contributed by atoms with Crippen molar-refractivity contribution in [1.82, 2.24) is 10.6 Å². The Morgan fingerprint density at radius 1 is 1.05 bits per heavy atom. The zero-order valence-corrected chi connectivity index (χ0v) is 14.9. The van der Waals surface area contributed by atoms with Crippen LogP contribution in [0.4, 0.5) is 4.79 Å². The van der Waals surface area contributed by atoms with Crippen molar-refractivity contribution in [2.75, 3.05) is 0 Å². The molecule has 2 fully saturated rings. The van der Waals surface area contributed by atoms with E-state index in [0.29, 0.717) is 12.1 Å². The average molecular weight is 310 g/mol. The van der Waals surface area contributed by atoms with E-state index >= 15 is 0 Å². The summed E-state index contributed by atoms with van der Waals surface area (Å²) in [6.45, 7) is 10.5. The molecular formula is C18H34N2O2. The first-order chi connectivity index (χ1) is 10.2. The number of hydrogen-bond donors (Lipinski definition) is 2. The van der Waals surface area contributed by atoms with Crippen LogP contribution >= 0.6 is 0 Å². The molecule has 2 aliphatic carbocycles. The minimum Gasteiger partial charge on any atom is -0.444 e. The van der Waals surface area contributed by atoms with E-state index in [9.17, 15) is 4.79 Å². The van der Waals surface area contributed by atoms with Crippen LogP contribution in [-0.4, -0.2) is 29.8 Å². The Balaban J connectivity index is 1.74. The van der Waals surface area contributed by atoms with Gasteiger partial charge >= 0.3 is 6.09 Å². The molecule has 2 aliphatic rings.